The van der Waals surface area contributed by atoms with Gasteiger partial charge in [0.1, 0.15) is 6.17 Å². The summed E-state index contributed by atoms with van der Waals surface area (Å²) in [6, 6.07) is 14.1. The van der Waals surface area contributed by atoms with Gasteiger partial charge in [-0.1, -0.05) is 30.3 Å². The molecule has 2 aliphatic rings. The number of carboxylic acids is 1. The SMILES string of the molecule is O=C(O)CCN1C(=O)c2ccccc2N2C(=O)c3ccccc3C12. The molecule has 1 N–H and O–H groups in total. The molecule has 0 aromatic heterocycles. The van der Waals surface area contributed by atoms with Crippen molar-refractivity contribution in [2.24, 2.45) is 0 Å². The van der Waals surface area contributed by atoms with E-state index in [1.807, 2.05) is 12.1 Å². The van der Waals surface area contributed by atoms with Gasteiger partial charge < -0.3 is 10.0 Å². The molecule has 6 nitrogen and oxygen atoms in total. The Morgan fingerprint density at radius 2 is 1.62 bits per heavy atom. The lowest BCUT2D eigenvalue weighted by Crippen LogP contribution is -2.48. The van der Waals surface area contributed by atoms with Crippen LogP contribution in [0.1, 0.15) is 38.9 Å². The van der Waals surface area contributed by atoms with Crippen molar-refractivity contribution in [2.75, 3.05) is 11.4 Å². The van der Waals surface area contributed by atoms with Gasteiger partial charge in [-0.2, -0.15) is 0 Å². The Morgan fingerprint density at radius 3 is 2.38 bits per heavy atom. The standard InChI is InChI=1S/C18H14N2O4/c21-15(22)9-10-19-16-11-5-1-2-6-12(11)18(24)20(16)14-8-4-3-7-13(14)17(19)23/h1-8,16H,9-10H2,(H,21,22). The van der Waals surface area contributed by atoms with Crippen molar-refractivity contribution in [3.8, 4) is 0 Å². The molecule has 1 unspecified atom stereocenters. The van der Waals surface area contributed by atoms with E-state index in [9.17, 15) is 14.4 Å². The molecule has 2 aromatic carbocycles. The van der Waals surface area contributed by atoms with Gasteiger partial charge in [-0.3, -0.25) is 19.3 Å². The molecule has 0 radical (unpaired) electrons. The first-order valence-electron chi connectivity index (χ1n) is 7.64. The van der Waals surface area contributed by atoms with Gasteiger partial charge in [-0.15, -0.1) is 0 Å². The van der Waals surface area contributed by atoms with E-state index in [0.717, 1.165) is 5.56 Å². The first-order valence-corrected chi connectivity index (χ1v) is 7.64. The summed E-state index contributed by atoms with van der Waals surface area (Å²) in [5, 5.41) is 8.99. The lowest BCUT2D eigenvalue weighted by atomic mass is 10.0. The number of carbonyl (C=O) groups is 3. The van der Waals surface area contributed by atoms with Crippen LogP contribution < -0.4 is 4.90 Å². The molecule has 2 amide bonds. The highest BCUT2D eigenvalue weighted by molar-refractivity contribution is 6.16. The number of aliphatic carboxylic acids is 1. The highest BCUT2D eigenvalue weighted by Gasteiger charge is 2.47. The molecule has 120 valence electrons. The van der Waals surface area contributed by atoms with Crippen LogP contribution in [0, 0.1) is 0 Å². The molecular weight excluding hydrogens is 308 g/mol. The molecule has 4 rings (SSSR count). The molecule has 0 fully saturated rings. The molecule has 2 aliphatic heterocycles. The topological polar surface area (TPSA) is 77.9 Å². The first kappa shape index (κ1) is 14.4. The summed E-state index contributed by atoms with van der Waals surface area (Å²) in [7, 11) is 0. The van der Waals surface area contributed by atoms with Gasteiger partial charge in [0.15, 0.2) is 0 Å². The zero-order chi connectivity index (χ0) is 16.8. The summed E-state index contributed by atoms with van der Waals surface area (Å²) in [6.07, 6.45) is -0.760. The molecule has 1 atom stereocenters. The number of benzene rings is 2. The molecule has 0 aliphatic carbocycles. The van der Waals surface area contributed by atoms with Crippen molar-refractivity contribution < 1.29 is 19.5 Å². The zero-order valence-corrected chi connectivity index (χ0v) is 12.7. The van der Waals surface area contributed by atoms with E-state index < -0.39 is 12.1 Å². The molecule has 0 spiro atoms. The summed E-state index contributed by atoms with van der Waals surface area (Å²) in [6.45, 7) is 0.0469. The van der Waals surface area contributed by atoms with E-state index in [1.54, 1.807) is 41.3 Å². The average molecular weight is 322 g/mol. The van der Waals surface area contributed by atoms with Gasteiger partial charge in [0, 0.05) is 17.7 Å². The van der Waals surface area contributed by atoms with Gasteiger partial charge in [0.2, 0.25) is 0 Å². The third-order valence-electron chi connectivity index (χ3n) is 4.45. The second-order valence-corrected chi connectivity index (χ2v) is 5.80. The predicted molar refractivity (Wildman–Crippen MR) is 85.7 cm³/mol. The van der Waals surface area contributed by atoms with Crippen molar-refractivity contribution in [1.29, 1.82) is 0 Å². The highest BCUT2D eigenvalue weighted by Crippen LogP contribution is 2.44. The van der Waals surface area contributed by atoms with Gasteiger partial charge in [0.25, 0.3) is 11.8 Å². The molecule has 2 aromatic rings. The predicted octanol–water partition coefficient (Wildman–Crippen LogP) is 2.28. The van der Waals surface area contributed by atoms with Crippen LogP contribution in [-0.2, 0) is 4.79 Å². The highest BCUT2D eigenvalue weighted by atomic mass is 16.4. The smallest absolute Gasteiger partial charge is 0.305 e. The number of amides is 2. The minimum absolute atomic E-state index is 0.0469. The second kappa shape index (κ2) is 5.19. The monoisotopic (exact) mass is 322 g/mol. The third-order valence-corrected chi connectivity index (χ3v) is 4.45. The lowest BCUT2D eigenvalue weighted by molar-refractivity contribution is -0.137. The van der Waals surface area contributed by atoms with Gasteiger partial charge in [-0.05, 0) is 18.2 Å². The van der Waals surface area contributed by atoms with Gasteiger partial charge in [0.05, 0.1) is 17.7 Å². The van der Waals surface area contributed by atoms with Crippen LogP contribution >= 0.6 is 0 Å². The van der Waals surface area contributed by atoms with Crippen LogP contribution in [0.15, 0.2) is 48.5 Å². The van der Waals surface area contributed by atoms with Crippen molar-refractivity contribution in [1.82, 2.24) is 4.90 Å². The quantitative estimate of drug-likeness (QED) is 0.940. The van der Waals surface area contributed by atoms with E-state index >= 15 is 0 Å². The van der Waals surface area contributed by atoms with E-state index in [0.29, 0.717) is 16.8 Å². The van der Waals surface area contributed by atoms with Crippen LogP contribution in [0.3, 0.4) is 0 Å². The van der Waals surface area contributed by atoms with E-state index in [4.69, 9.17) is 5.11 Å². The fourth-order valence-corrected chi connectivity index (χ4v) is 3.42. The number of para-hydroxylation sites is 1. The van der Waals surface area contributed by atoms with Crippen molar-refractivity contribution in [3.05, 3.63) is 65.2 Å². The Labute approximate surface area is 137 Å². The molecule has 24 heavy (non-hydrogen) atoms. The Kier molecular flexibility index (Phi) is 3.13. The normalized spacial score (nSPS) is 18.2. The Hall–Kier alpha value is -3.15. The second-order valence-electron chi connectivity index (χ2n) is 5.80. The number of anilines is 1. The number of fused-ring (bicyclic) bond motifs is 5. The van der Waals surface area contributed by atoms with Crippen LogP contribution in [0.2, 0.25) is 0 Å². The van der Waals surface area contributed by atoms with Gasteiger partial charge >= 0.3 is 5.97 Å². The van der Waals surface area contributed by atoms with Crippen LogP contribution in [-0.4, -0.2) is 34.3 Å². The minimum atomic E-state index is -0.981. The van der Waals surface area contributed by atoms with Crippen LogP contribution in [0.25, 0.3) is 0 Å². The number of hydrogen-bond acceptors (Lipinski definition) is 3. The molecule has 0 saturated heterocycles. The first-order chi connectivity index (χ1) is 11.6. The summed E-state index contributed by atoms with van der Waals surface area (Å²) >= 11 is 0. The molecule has 0 saturated carbocycles. The van der Waals surface area contributed by atoms with Crippen molar-refractivity contribution >= 4 is 23.5 Å². The Bertz CT molecular complexity index is 877. The Balaban J connectivity index is 1.89. The molecular formula is C18H14N2O4. The van der Waals surface area contributed by atoms with Crippen molar-refractivity contribution in [2.45, 2.75) is 12.6 Å². The average Bonchev–Trinajstić information content (AvgIpc) is 2.88. The number of nitrogens with zero attached hydrogens (tertiary/aromatic N) is 2. The maximum absolute atomic E-state index is 12.9. The number of rotatable bonds is 3. The van der Waals surface area contributed by atoms with E-state index in [1.165, 1.54) is 4.90 Å². The third kappa shape index (κ3) is 1.93. The maximum Gasteiger partial charge on any atom is 0.305 e. The van der Waals surface area contributed by atoms with Crippen LogP contribution in [0.4, 0.5) is 5.69 Å². The molecule has 6 heteroatoms. The van der Waals surface area contributed by atoms with Crippen LogP contribution in [0.5, 0.6) is 0 Å². The number of hydrogen-bond donors (Lipinski definition) is 1. The fourth-order valence-electron chi connectivity index (χ4n) is 3.42. The summed E-state index contributed by atoms with van der Waals surface area (Å²) in [5.74, 6) is -1.40. The fraction of sp³-hybridized carbons (Fsp3) is 0.167. The zero-order valence-electron chi connectivity index (χ0n) is 12.7. The van der Waals surface area contributed by atoms with Crippen molar-refractivity contribution in [3.63, 3.8) is 0 Å². The largest absolute Gasteiger partial charge is 0.481 e. The number of carboxylic acid groups (broad SMARTS) is 1. The minimum Gasteiger partial charge on any atom is -0.481 e. The molecule has 2 heterocycles. The summed E-state index contributed by atoms with van der Waals surface area (Å²) < 4.78 is 0. The van der Waals surface area contributed by atoms with E-state index in [-0.39, 0.29) is 24.8 Å². The van der Waals surface area contributed by atoms with E-state index in [2.05, 4.69) is 0 Å². The lowest BCUT2D eigenvalue weighted by Gasteiger charge is -2.40. The summed E-state index contributed by atoms with van der Waals surface area (Å²) in [4.78, 5) is 39.8. The molecule has 0 bridgehead atoms. The Morgan fingerprint density at radius 1 is 0.958 bits per heavy atom. The number of carbonyl (C=O) groups excluding carboxylic acids is 2. The summed E-state index contributed by atoms with van der Waals surface area (Å²) in [5.41, 5.74) is 2.27. The van der Waals surface area contributed by atoms with Gasteiger partial charge in [-0.25, -0.2) is 0 Å². The maximum atomic E-state index is 12.9.